The van der Waals surface area contributed by atoms with Gasteiger partial charge in [0.25, 0.3) is 0 Å². The monoisotopic (exact) mass is 387 g/mol. The van der Waals surface area contributed by atoms with Crippen LogP contribution < -0.4 is 16.1 Å². The Labute approximate surface area is 157 Å². The van der Waals surface area contributed by atoms with Gasteiger partial charge in [-0.1, -0.05) is 0 Å². The van der Waals surface area contributed by atoms with Gasteiger partial charge in [-0.15, -0.1) is 11.3 Å². The van der Waals surface area contributed by atoms with Crippen molar-refractivity contribution in [3.05, 3.63) is 45.7 Å². The lowest BCUT2D eigenvalue weighted by atomic mass is 10.2. The average Bonchev–Trinajstić information content (AvgIpc) is 3.31. The van der Waals surface area contributed by atoms with E-state index in [-0.39, 0.29) is 23.1 Å². The van der Waals surface area contributed by atoms with E-state index in [4.69, 9.17) is 10.5 Å². The maximum atomic E-state index is 12.6. The van der Waals surface area contributed by atoms with Crippen LogP contribution in [0.15, 0.2) is 34.7 Å². The van der Waals surface area contributed by atoms with Crippen LogP contribution in [0.25, 0.3) is 16.2 Å². The molecule has 0 aliphatic carbocycles. The number of aromatic nitrogens is 3. The second kappa shape index (κ2) is 6.72. The highest BCUT2D eigenvalue weighted by Gasteiger charge is 2.31. The van der Waals surface area contributed by atoms with Gasteiger partial charge in [0.2, 0.25) is 5.43 Å². The Hall–Kier alpha value is -2.82. The number of nitrogens with zero attached hydrogens (tertiary/aromatic N) is 4. The van der Waals surface area contributed by atoms with Crippen molar-refractivity contribution >= 4 is 34.2 Å². The van der Waals surface area contributed by atoms with Gasteiger partial charge in [0.1, 0.15) is 11.4 Å². The fourth-order valence-electron chi connectivity index (χ4n) is 3.24. The first-order valence-corrected chi connectivity index (χ1v) is 9.10. The largest absolute Gasteiger partial charge is 0.477 e. The summed E-state index contributed by atoms with van der Waals surface area (Å²) in [5.74, 6) is -0.644. The van der Waals surface area contributed by atoms with Crippen LogP contribution in [0.5, 0.6) is 0 Å². The van der Waals surface area contributed by atoms with E-state index in [2.05, 4.69) is 9.97 Å². The first-order chi connectivity index (χ1) is 13.0. The number of anilines is 1. The van der Waals surface area contributed by atoms with Crippen molar-refractivity contribution in [1.82, 2.24) is 14.5 Å². The number of carbonyl (C=O) groups is 1. The standard InChI is InChI=1S/C17H17N5O4S/c1-26-12-8-21(7-11(12)18)13-3-2-9-14(23)10(16(24)25)6-22(15(9)20-13)17-19-4-5-27-17/h2-6,11-12H,7-8,18H2,1H3,(H,24,25)/t11-,12-/m0/s1. The minimum Gasteiger partial charge on any atom is -0.477 e. The number of thiazole rings is 1. The highest BCUT2D eigenvalue weighted by atomic mass is 32.1. The number of methoxy groups -OCH3 is 1. The lowest BCUT2D eigenvalue weighted by molar-refractivity contribution is 0.0695. The van der Waals surface area contributed by atoms with Gasteiger partial charge >= 0.3 is 5.97 Å². The number of nitrogens with two attached hydrogens (primary N) is 1. The average molecular weight is 387 g/mol. The predicted octanol–water partition coefficient (Wildman–Crippen LogP) is 0.703. The van der Waals surface area contributed by atoms with Gasteiger partial charge in [0, 0.05) is 38.0 Å². The molecule has 3 N–H and O–H groups in total. The number of aromatic carboxylic acids is 1. The summed E-state index contributed by atoms with van der Waals surface area (Å²) >= 11 is 1.32. The summed E-state index contributed by atoms with van der Waals surface area (Å²) < 4.78 is 6.92. The zero-order valence-corrected chi connectivity index (χ0v) is 15.2. The molecule has 3 aromatic heterocycles. The molecular weight excluding hydrogens is 370 g/mol. The summed E-state index contributed by atoms with van der Waals surface area (Å²) in [4.78, 5) is 34.9. The number of carboxylic acids is 1. The maximum Gasteiger partial charge on any atom is 0.341 e. The fraction of sp³-hybridized carbons (Fsp3) is 0.294. The molecule has 3 aromatic rings. The molecule has 1 saturated heterocycles. The normalized spacial score (nSPS) is 19.7. The third-order valence-corrected chi connectivity index (χ3v) is 5.40. The van der Waals surface area contributed by atoms with Gasteiger partial charge < -0.3 is 20.5 Å². The van der Waals surface area contributed by atoms with Crippen molar-refractivity contribution in [2.75, 3.05) is 25.1 Å². The Balaban J connectivity index is 1.90. The first kappa shape index (κ1) is 17.6. The van der Waals surface area contributed by atoms with Crippen LogP contribution in [0.4, 0.5) is 5.82 Å². The first-order valence-electron chi connectivity index (χ1n) is 8.22. The molecule has 0 amide bonds. The molecule has 27 heavy (non-hydrogen) atoms. The summed E-state index contributed by atoms with van der Waals surface area (Å²) in [6.45, 7) is 1.16. The Kier molecular flexibility index (Phi) is 4.38. The van der Waals surface area contributed by atoms with Crippen molar-refractivity contribution in [3.63, 3.8) is 0 Å². The molecule has 0 saturated carbocycles. The van der Waals surface area contributed by atoms with Gasteiger partial charge in [-0.3, -0.25) is 9.36 Å². The van der Waals surface area contributed by atoms with Crippen molar-refractivity contribution in [3.8, 4) is 5.13 Å². The third-order valence-electron chi connectivity index (χ3n) is 4.63. The number of rotatable bonds is 4. The highest BCUT2D eigenvalue weighted by Crippen LogP contribution is 2.24. The van der Waals surface area contributed by atoms with E-state index in [0.29, 0.717) is 29.7 Å². The summed E-state index contributed by atoms with van der Waals surface area (Å²) in [6, 6.07) is 3.16. The predicted molar refractivity (Wildman–Crippen MR) is 101 cm³/mol. The molecule has 0 radical (unpaired) electrons. The van der Waals surface area contributed by atoms with E-state index in [1.165, 1.54) is 22.1 Å². The summed E-state index contributed by atoms with van der Waals surface area (Å²) in [5, 5.41) is 11.9. The quantitative estimate of drug-likeness (QED) is 0.671. The molecule has 1 aliphatic rings. The lowest BCUT2D eigenvalue weighted by Gasteiger charge is -2.18. The van der Waals surface area contributed by atoms with E-state index in [0.717, 1.165) is 0 Å². The van der Waals surface area contributed by atoms with Crippen LogP contribution in [0.1, 0.15) is 10.4 Å². The number of hydrogen-bond donors (Lipinski definition) is 2. The zero-order chi connectivity index (χ0) is 19.1. The molecule has 0 spiro atoms. The van der Waals surface area contributed by atoms with Gasteiger partial charge in [-0.25, -0.2) is 14.8 Å². The molecule has 9 nitrogen and oxygen atoms in total. The number of fused-ring (bicyclic) bond motifs is 1. The SMILES string of the molecule is CO[C@H]1CN(c2ccc3c(=O)c(C(=O)O)cn(-c4nccs4)c3n2)C[C@@H]1N. The van der Waals surface area contributed by atoms with Gasteiger partial charge in [0.15, 0.2) is 10.8 Å². The topological polar surface area (TPSA) is 124 Å². The molecule has 10 heteroatoms. The van der Waals surface area contributed by atoms with Crippen LogP contribution in [-0.2, 0) is 4.74 Å². The van der Waals surface area contributed by atoms with E-state index in [1.54, 1.807) is 30.8 Å². The van der Waals surface area contributed by atoms with Crippen LogP contribution >= 0.6 is 11.3 Å². The Morgan fingerprint density at radius 2 is 2.22 bits per heavy atom. The van der Waals surface area contributed by atoms with Crippen molar-refractivity contribution in [2.45, 2.75) is 12.1 Å². The van der Waals surface area contributed by atoms with Crippen molar-refractivity contribution in [2.24, 2.45) is 5.73 Å². The smallest absolute Gasteiger partial charge is 0.341 e. The van der Waals surface area contributed by atoms with E-state index >= 15 is 0 Å². The van der Waals surface area contributed by atoms with E-state index in [9.17, 15) is 14.7 Å². The van der Waals surface area contributed by atoms with E-state index in [1.807, 2.05) is 4.90 Å². The molecule has 4 heterocycles. The van der Waals surface area contributed by atoms with Crippen molar-refractivity contribution in [1.29, 1.82) is 0 Å². The molecule has 0 bridgehead atoms. The van der Waals surface area contributed by atoms with E-state index < -0.39 is 11.4 Å². The lowest BCUT2D eigenvalue weighted by Crippen LogP contribution is -2.34. The molecule has 1 fully saturated rings. The van der Waals surface area contributed by atoms with Crippen LogP contribution in [0.3, 0.4) is 0 Å². The number of hydrogen-bond acceptors (Lipinski definition) is 8. The van der Waals surface area contributed by atoms with Crippen LogP contribution in [0, 0.1) is 0 Å². The molecule has 1 aliphatic heterocycles. The third kappa shape index (κ3) is 2.97. The molecule has 140 valence electrons. The highest BCUT2D eigenvalue weighted by molar-refractivity contribution is 7.12. The van der Waals surface area contributed by atoms with Crippen molar-refractivity contribution < 1.29 is 14.6 Å². The van der Waals surface area contributed by atoms with Crippen LogP contribution in [0.2, 0.25) is 0 Å². The minimum atomic E-state index is -1.29. The minimum absolute atomic E-state index is 0.0990. The number of carboxylic acid groups (broad SMARTS) is 1. The summed E-state index contributed by atoms with van der Waals surface area (Å²) in [5.41, 5.74) is 5.55. The van der Waals surface area contributed by atoms with Gasteiger partial charge in [-0.05, 0) is 12.1 Å². The number of pyridine rings is 2. The number of ether oxygens (including phenoxy) is 1. The van der Waals surface area contributed by atoms with Crippen LogP contribution in [-0.4, -0.2) is 58.0 Å². The molecule has 2 atom stereocenters. The molecule has 0 unspecified atom stereocenters. The Morgan fingerprint density at radius 1 is 1.41 bits per heavy atom. The maximum absolute atomic E-state index is 12.6. The molecule has 4 rings (SSSR count). The fourth-order valence-corrected chi connectivity index (χ4v) is 3.86. The molecule has 0 aromatic carbocycles. The Bertz CT molecular complexity index is 1070. The summed E-state index contributed by atoms with van der Waals surface area (Å²) in [7, 11) is 1.62. The second-order valence-electron chi connectivity index (χ2n) is 6.25. The molecular formula is C17H17N5O4S. The zero-order valence-electron chi connectivity index (χ0n) is 14.4. The van der Waals surface area contributed by atoms with Gasteiger partial charge in [0.05, 0.1) is 17.5 Å². The van der Waals surface area contributed by atoms with Gasteiger partial charge in [-0.2, -0.15) is 0 Å². The Morgan fingerprint density at radius 3 is 2.85 bits per heavy atom. The second-order valence-corrected chi connectivity index (χ2v) is 7.12. The summed E-state index contributed by atoms with van der Waals surface area (Å²) in [6.07, 6.45) is 2.78.